The molecule has 1 saturated carbocycles. The number of amides is 1. The zero-order valence-corrected chi connectivity index (χ0v) is 31.3. The second kappa shape index (κ2) is 16.9. The third-order valence-electron chi connectivity index (χ3n) is 10.7. The van der Waals surface area contributed by atoms with Crippen LogP contribution in [-0.2, 0) is 28.8 Å². The van der Waals surface area contributed by atoms with E-state index in [1.54, 1.807) is 11.0 Å². The number of hydrogen-bond donors (Lipinski definition) is 0. The number of Topliss-reactive ketones (excluding diaryl/α,β-unsaturated/α-hetero) is 4. The standard InChI is InChI=1S/C40H57ClN2O6/c1-7-12-29(37(47)35(45)18-17-26(2)3)21-36(46)34-24-40(23-33(42-49-40)28-15-11-16-30(41)20-28)25-43(34)38(48)32(39(4,5)6)22-31(44)19-27-13-9-8-10-14-27/h11,15-16,20,26-27,29,32,34H,7-10,12-14,17-19,21-25H2,1-6H3/t29-,32-,34+,40-/m1/s1. The number of nitrogens with zero attached hydrogens (tertiary/aromatic N) is 2. The van der Waals surface area contributed by atoms with Crippen LogP contribution in [0.25, 0.3) is 0 Å². The van der Waals surface area contributed by atoms with Crippen LogP contribution >= 0.6 is 11.6 Å². The van der Waals surface area contributed by atoms with Crippen LogP contribution in [-0.4, -0.2) is 57.8 Å². The summed E-state index contributed by atoms with van der Waals surface area (Å²) in [5.74, 6) is -2.04. The van der Waals surface area contributed by atoms with Crippen molar-refractivity contribution in [1.82, 2.24) is 4.90 Å². The van der Waals surface area contributed by atoms with E-state index in [0.29, 0.717) is 48.8 Å². The van der Waals surface area contributed by atoms with Crippen LogP contribution in [0.3, 0.4) is 0 Å². The molecule has 2 fully saturated rings. The van der Waals surface area contributed by atoms with Gasteiger partial charge in [-0.15, -0.1) is 0 Å². The largest absolute Gasteiger partial charge is 0.387 e. The Morgan fingerprint density at radius 2 is 1.76 bits per heavy atom. The van der Waals surface area contributed by atoms with Crippen LogP contribution in [0.2, 0.25) is 5.02 Å². The van der Waals surface area contributed by atoms with Crippen molar-refractivity contribution in [2.24, 2.45) is 34.2 Å². The summed E-state index contributed by atoms with van der Waals surface area (Å²) in [6, 6.07) is 6.48. The average molecular weight is 697 g/mol. The van der Waals surface area contributed by atoms with Gasteiger partial charge in [0, 0.05) is 60.9 Å². The number of carbonyl (C=O) groups excluding carboxylic acids is 5. The van der Waals surface area contributed by atoms with E-state index in [1.807, 2.05) is 59.7 Å². The summed E-state index contributed by atoms with van der Waals surface area (Å²) in [5, 5.41) is 4.98. The number of ketones is 4. The maximum Gasteiger partial charge on any atom is 0.227 e. The van der Waals surface area contributed by atoms with Crippen LogP contribution in [0, 0.1) is 29.1 Å². The first-order valence-electron chi connectivity index (χ1n) is 18.6. The minimum Gasteiger partial charge on any atom is -0.387 e. The molecule has 1 spiro atoms. The molecule has 4 rings (SSSR count). The Kier molecular flexibility index (Phi) is 13.4. The van der Waals surface area contributed by atoms with Gasteiger partial charge in [-0.05, 0) is 42.2 Å². The zero-order chi connectivity index (χ0) is 35.9. The molecular formula is C40H57ClN2O6. The van der Waals surface area contributed by atoms with E-state index in [4.69, 9.17) is 16.4 Å². The van der Waals surface area contributed by atoms with Crippen molar-refractivity contribution in [1.29, 1.82) is 0 Å². The second-order valence-electron chi connectivity index (χ2n) is 16.4. The Morgan fingerprint density at radius 1 is 1.04 bits per heavy atom. The molecule has 1 amide bonds. The number of halogens is 1. The molecule has 0 N–H and O–H groups in total. The molecule has 4 atom stereocenters. The number of carbonyl (C=O) groups is 5. The molecule has 1 aromatic carbocycles. The molecule has 270 valence electrons. The fourth-order valence-electron chi connectivity index (χ4n) is 7.82. The highest BCUT2D eigenvalue weighted by Gasteiger charge is 2.55. The molecule has 9 heteroatoms. The lowest BCUT2D eigenvalue weighted by molar-refractivity contribution is -0.147. The molecule has 2 aliphatic heterocycles. The number of hydrogen-bond acceptors (Lipinski definition) is 7. The Labute approximate surface area is 298 Å². The first-order chi connectivity index (χ1) is 23.1. The van der Waals surface area contributed by atoms with E-state index in [1.165, 1.54) is 6.42 Å². The first kappa shape index (κ1) is 38.9. The van der Waals surface area contributed by atoms with Crippen LogP contribution in [0.15, 0.2) is 29.4 Å². The normalized spacial score (nSPS) is 22.6. The summed E-state index contributed by atoms with van der Waals surface area (Å²) in [6.07, 6.45) is 8.53. The molecule has 8 nitrogen and oxygen atoms in total. The first-order valence-corrected chi connectivity index (χ1v) is 18.9. The van der Waals surface area contributed by atoms with Crippen molar-refractivity contribution in [2.75, 3.05) is 6.54 Å². The lowest BCUT2D eigenvalue weighted by atomic mass is 9.75. The summed E-state index contributed by atoms with van der Waals surface area (Å²) in [4.78, 5) is 76.4. The minimum absolute atomic E-state index is 0.0918. The van der Waals surface area contributed by atoms with Crippen molar-refractivity contribution in [3.8, 4) is 0 Å². The molecule has 0 aromatic heterocycles. The molecule has 1 aliphatic carbocycles. The summed E-state index contributed by atoms with van der Waals surface area (Å²) in [6.45, 7) is 12.0. The van der Waals surface area contributed by atoms with E-state index in [9.17, 15) is 24.0 Å². The molecule has 49 heavy (non-hydrogen) atoms. The quantitative estimate of drug-likeness (QED) is 0.161. The molecule has 3 aliphatic rings. The minimum atomic E-state index is -0.931. The van der Waals surface area contributed by atoms with E-state index in [-0.39, 0.29) is 55.6 Å². The summed E-state index contributed by atoms with van der Waals surface area (Å²) in [5.41, 5.74) is 0.0317. The smallest absolute Gasteiger partial charge is 0.227 e. The zero-order valence-electron chi connectivity index (χ0n) is 30.5. The third kappa shape index (κ3) is 10.3. The van der Waals surface area contributed by atoms with Crippen molar-refractivity contribution < 1.29 is 28.8 Å². The van der Waals surface area contributed by atoms with Crippen LogP contribution in [0.1, 0.15) is 137 Å². The number of rotatable bonds is 16. The molecular weight excluding hydrogens is 640 g/mol. The van der Waals surface area contributed by atoms with Gasteiger partial charge in [-0.2, -0.15) is 0 Å². The van der Waals surface area contributed by atoms with Gasteiger partial charge in [-0.3, -0.25) is 24.0 Å². The Hall–Kier alpha value is -2.87. The van der Waals surface area contributed by atoms with E-state index < -0.39 is 40.5 Å². The average Bonchev–Trinajstić information content (AvgIpc) is 3.65. The SMILES string of the molecule is CCC[C@H](CC(=O)[C@@H]1C[C@]2(CC(c3cccc(Cl)c3)=NO2)CN1C(=O)[C@@H](CC(=O)CC1CCCCC1)C(C)(C)C)C(=O)C(=O)CCC(C)C. The number of likely N-dealkylation sites (tertiary alicyclic amines) is 1. The van der Waals surface area contributed by atoms with E-state index in [2.05, 4.69) is 5.16 Å². The molecule has 0 unspecified atom stereocenters. The highest BCUT2D eigenvalue weighted by atomic mass is 35.5. The Bertz CT molecular complexity index is 1410. The molecule has 2 heterocycles. The summed E-state index contributed by atoms with van der Waals surface area (Å²) in [7, 11) is 0. The molecule has 1 saturated heterocycles. The maximum atomic E-state index is 14.7. The molecule has 1 aromatic rings. The van der Waals surface area contributed by atoms with Crippen LogP contribution in [0.5, 0.6) is 0 Å². The fraction of sp³-hybridized carbons (Fsp3) is 0.700. The van der Waals surface area contributed by atoms with Gasteiger partial charge >= 0.3 is 0 Å². The van der Waals surface area contributed by atoms with Gasteiger partial charge in [0.1, 0.15) is 5.78 Å². The third-order valence-corrected chi connectivity index (χ3v) is 11.0. The monoisotopic (exact) mass is 696 g/mol. The molecule has 0 bridgehead atoms. The number of oxime groups is 1. The van der Waals surface area contributed by atoms with Gasteiger partial charge in [0.2, 0.25) is 11.7 Å². The van der Waals surface area contributed by atoms with Gasteiger partial charge in [0.05, 0.1) is 18.3 Å². The van der Waals surface area contributed by atoms with Gasteiger partial charge < -0.3 is 9.74 Å². The lowest BCUT2D eigenvalue weighted by Gasteiger charge is -2.35. The van der Waals surface area contributed by atoms with Gasteiger partial charge in [0.15, 0.2) is 17.2 Å². The fourth-order valence-corrected chi connectivity index (χ4v) is 8.01. The summed E-state index contributed by atoms with van der Waals surface area (Å²) < 4.78 is 0. The van der Waals surface area contributed by atoms with E-state index in [0.717, 1.165) is 31.2 Å². The predicted molar refractivity (Wildman–Crippen MR) is 192 cm³/mol. The van der Waals surface area contributed by atoms with Crippen molar-refractivity contribution in [3.05, 3.63) is 34.9 Å². The maximum absolute atomic E-state index is 14.7. The van der Waals surface area contributed by atoms with Crippen molar-refractivity contribution >= 4 is 46.4 Å². The van der Waals surface area contributed by atoms with Crippen LogP contribution in [0.4, 0.5) is 0 Å². The van der Waals surface area contributed by atoms with E-state index >= 15 is 0 Å². The highest BCUT2D eigenvalue weighted by molar-refractivity contribution is 6.38. The summed E-state index contributed by atoms with van der Waals surface area (Å²) >= 11 is 6.27. The van der Waals surface area contributed by atoms with Gasteiger partial charge in [-0.25, -0.2) is 0 Å². The topological polar surface area (TPSA) is 110 Å². The van der Waals surface area contributed by atoms with Crippen molar-refractivity contribution in [3.63, 3.8) is 0 Å². The highest BCUT2D eigenvalue weighted by Crippen LogP contribution is 2.43. The van der Waals surface area contributed by atoms with Crippen LogP contribution < -0.4 is 0 Å². The Balaban J connectivity index is 1.59. The molecule has 0 radical (unpaired) electrons. The predicted octanol–water partition coefficient (Wildman–Crippen LogP) is 8.35. The Morgan fingerprint density at radius 3 is 2.39 bits per heavy atom. The van der Waals surface area contributed by atoms with Gasteiger partial charge in [0.25, 0.3) is 0 Å². The van der Waals surface area contributed by atoms with Crippen molar-refractivity contribution in [2.45, 2.75) is 143 Å². The number of benzene rings is 1. The second-order valence-corrected chi connectivity index (χ2v) is 16.9. The van der Waals surface area contributed by atoms with Gasteiger partial charge in [-0.1, -0.05) is 109 Å². The lowest BCUT2D eigenvalue weighted by Crippen LogP contribution is -2.48.